The van der Waals surface area contributed by atoms with Crippen molar-refractivity contribution in [1.29, 1.82) is 0 Å². The van der Waals surface area contributed by atoms with Gasteiger partial charge in [-0.2, -0.15) is 4.98 Å². The van der Waals surface area contributed by atoms with Gasteiger partial charge in [-0.1, -0.05) is 25.1 Å². The standard InChI is InChI=1S/C26H33N3O5/c1-15(2)8-19-6-7-20(9-16(19)3)26-28-25(29-34-26)21-10-17(4)24(18(5)11-21)33-14-22(31)12-27-23(32)13-30/h6-7,9-11,15,22,30-31H,8,12-14H2,1-5H3,(H,27,32)/t22-/m1/s1. The fourth-order valence-corrected chi connectivity index (χ4v) is 3.79. The predicted octanol–water partition coefficient (Wildman–Crippen LogP) is 3.38. The highest BCUT2D eigenvalue weighted by Gasteiger charge is 2.16. The maximum absolute atomic E-state index is 11.1. The number of aromatic nitrogens is 2. The summed E-state index contributed by atoms with van der Waals surface area (Å²) in [6.45, 7) is 9.71. The molecule has 0 radical (unpaired) electrons. The molecule has 1 atom stereocenters. The number of hydrogen-bond donors (Lipinski definition) is 3. The van der Waals surface area contributed by atoms with Gasteiger partial charge < -0.3 is 24.8 Å². The van der Waals surface area contributed by atoms with Crippen molar-refractivity contribution in [1.82, 2.24) is 15.5 Å². The Balaban J connectivity index is 1.72. The summed E-state index contributed by atoms with van der Waals surface area (Å²) in [5.41, 5.74) is 5.95. The van der Waals surface area contributed by atoms with Crippen LogP contribution < -0.4 is 10.1 Å². The summed E-state index contributed by atoms with van der Waals surface area (Å²) >= 11 is 0. The number of nitrogens with one attached hydrogen (secondary N) is 1. The first kappa shape index (κ1) is 25.4. The van der Waals surface area contributed by atoms with E-state index in [0.29, 0.717) is 23.4 Å². The summed E-state index contributed by atoms with van der Waals surface area (Å²) in [7, 11) is 0. The molecule has 0 bridgehead atoms. The highest BCUT2D eigenvalue weighted by molar-refractivity contribution is 5.76. The second-order valence-electron chi connectivity index (χ2n) is 9.03. The number of rotatable bonds is 10. The predicted molar refractivity (Wildman–Crippen MR) is 130 cm³/mol. The zero-order valence-corrected chi connectivity index (χ0v) is 20.4. The molecule has 0 fully saturated rings. The lowest BCUT2D eigenvalue weighted by molar-refractivity contribution is -0.124. The highest BCUT2D eigenvalue weighted by atomic mass is 16.5. The molecule has 0 spiro atoms. The van der Waals surface area contributed by atoms with Gasteiger partial charge in [0.25, 0.3) is 5.89 Å². The number of aliphatic hydroxyl groups excluding tert-OH is 2. The van der Waals surface area contributed by atoms with Crippen molar-refractivity contribution in [3.63, 3.8) is 0 Å². The van der Waals surface area contributed by atoms with Crippen LogP contribution in [-0.4, -0.2) is 52.1 Å². The van der Waals surface area contributed by atoms with Crippen LogP contribution >= 0.6 is 0 Å². The zero-order valence-electron chi connectivity index (χ0n) is 20.4. The van der Waals surface area contributed by atoms with Gasteiger partial charge >= 0.3 is 0 Å². The van der Waals surface area contributed by atoms with Crippen LogP contribution in [0.4, 0.5) is 0 Å². The first-order chi connectivity index (χ1) is 16.2. The Morgan fingerprint density at radius 3 is 2.38 bits per heavy atom. The Morgan fingerprint density at radius 2 is 1.76 bits per heavy atom. The summed E-state index contributed by atoms with van der Waals surface area (Å²) in [5.74, 6) is 1.66. The van der Waals surface area contributed by atoms with Crippen molar-refractivity contribution in [3.05, 3.63) is 52.6 Å². The Morgan fingerprint density at radius 1 is 1.09 bits per heavy atom. The molecule has 34 heavy (non-hydrogen) atoms. The summed E-state index contributed by atoms with van der Waals surface area (Å²) in [6, 6.07) is 10.0. The van der Waals surface area contributed by atoms with Gasteiger partial charge in [-0.15, -0.1) is 0 Å². The van der Waals surface area contributed by atoms with E-state index >= 15 is 0 Å². The molecule has 1 heterocycles. The summed E-state index contributed by atoms with van der Waals surface area (Å²) < 4.78 is 11.3. The third-order valence-electron chi connectivity index (χ3n) is 5.46. The van der Waals surface area contributed by atoms with E-state index in [2.05, 4.69) is 48.4 Å². The highest BCUT2D eigenvalue weighted by Crippen LogP contribution is 2.31. The van der Waals surface area contributed by atoms with Gasteiger partial charge in [0.15, 0.2) is 0 Å². The minimum atomic E-state index is -0.899. The average Bonchev–Trinajstić information content (AvgIpc) is 3.28. The molecule has 0 aliphatic carbocycles. The van der Waals surface area contributed by atoms with Gasteiger partial charge in [0.05, 0.1) is 0 Å². The van der Waals surface area contributed by atoms with Crippen molar-refractivity contribution in [2.45, 2.75) is 47.1 Å². The fourth-order valence-electron chi connectivity index (χ4n) is 3.79. The molecular formula is C26H33N3O5. The van der Waals surface area contributed by atoms with Crippen LogP contribution in [-0.2, 0) is 11.2 Å². The molecule has 3 N–H and O–H groups in total. The molecule has 0 unspecified atom stereocenters. The number of aryl methyl sites for hydroxylation is 3. The molecule has 0 aliphatic rings. The molecule has 0 saturated carbocycles. The molecule has 182 valence electrons. The van der Waals surface area contributed by atoms with Crippen molar-refractivity contribution < 1.29 is 24.3 Å². The third kappa shape index (κ3) is 6.42. The van der Waals surface area contributed by atoms with E-state index in [1.54, 1.807) is 0 Å². The summed E-state index contributed by atoms with van der Waals surface area (Å²) in [5, 5.41) is 25.3. The van der Waals surface area contributed by atoms with Crippen LogP contribution in [0.3, 0.4) is 0 Å². The first-order valence-electron chi connectivity index (χ1n) is 11.4. The maximum atomic E-state index is 11.1. The maximum Gasteiger partial charge on any atom is 0.258 e. The quantitative estimate of drug-likeness (QED) is 0.418. The van der Waals surface area contributed by atoms with Gasteiger partial charge in [-0.25, -0.2) is 0 Å². The molecule has 3 aromatic rings. The van der Waals surface area contributed by atoms with Gasteiger partial charge in [-0.3, -0.25) is 4.79 Å². The number of amides is 1. The van der Waals surface area contributed by atoms with Crippen molar-refractivity contribution >= 4 is 5.91 Å². The van der Waals surface area contributed by atoms with Crippen LogP contribution in [0.25, 0.3) is 22.8 Å². The van der Waals surface area contributed by atoms with E-state index in [9.17, 15) is 9.90 Å². The van der Waals surface area contributed by atoms with Crippen LogP contribution in [0, 0.1) is 26.7 Å². The van der Waals surface area contributed by atoms with E-state index in [0.717, 1.165) is 28.7 Å². The van der Waals surface area contributed by atoms with Crippen molar-refractivity contribution in [3.8, 4) is 28.6 Å². The fraction of sp³-hybridized carbons (Fsp3) is 0.423. The lowest BCUT2D eigenvalue weighted by Crippen LogP contribution is -2.36. The lowest BCUT2D eigenvalue weighted by atomic mass is 9.97. The van der Waals surface area contributed by atoms with Crippen molar-refractivity contribution in [2.75, 3.05) is 19.8 Å². The van der Waals surface area contributed by atoms with E-state index < -0.39 is 18.6 Å². The zero-order chi connectivity index (χ0) is 24.8. The summed E-state index contributed by atoms with van der Waals surface area (Å²) in [4.78, 5) is 15.7. The molecule has 2 aromatic carbocycles. The number of nitrogens with zero attached hydrogens (tertiary/aromatic N) is 2. The number of aliphatic hydroxyl groups is 2. The number of hydrogen-bond acceptors (Lipinski definition) is 7. The Bertz CT molecular complexity index is 1120. The topological polar surface area (TPSA) is 118 Å². The minimum absolute atomic E-state index is 0.000861. The number of benzene rings is 2. The van der Waals surface area contributed by atoms with Crippen LogP contribution in [0.15, 0.2) is 34.9 Å². The number of carbonyl (C=O) groups is 1. The van der Waals surface area contributed by atoms with Crippen molar-refractivity contribution in [2.24, 2.45) is 5.92 Å². The number of carbonyl (C=O) groups excluding carboxylic acids is 1. The van der Waals surface area contributed by atoms with Gasteiger partial charge in [-0.05, 0) is 79.6 Å². The summed E-state index contributed by atoms with van der Waals surface area (Å²) in [6.07, 6.45) is 0.131. The van der Waals surface area contributed by atoms with Gasteiger partial charge in [0, 0.05) is 17.7 Å². The molecule has 3 rings (SSSR count). The third-order valence-corrected chi connectivity index (χ3v) is 5.46. The molecule has 1 amide bonds. The molecule has 0 saturated heterocycles. The van der Waals surface area contributed by atoms with E-state index in [1.165, 1.54) is 11.1 Å². The Kier molecular flexibility index (Phi) is 8.41. The minimum Gasteiger partial charge on any atom is -0.490 e. The van der Waals surface area contributed by atoms with E-state index in [-0.39, 0.29) is 13.2 Å². The van der Waals surface area contributed by atoms with Gasteiger partial charge in [0.2, 0.25) is 11.7 Å². The van der Waals surface area contributed by atoms with E-state index in [4.69, 9.17) is 14.4 Å². The molecule has 0 aliphatic heterocycles. The van der Waals surface area contributed by atoms with Crippen LogP contribution in [0.5, 0.6) is 5.75 Å². The molecule has 1 aromatic heterocycles. The average molecular weight is 468 g/mol. The SMILES string of the molecule is Cc1cc(-c2nc(-c3cc(C)c(OC[C@H](O)CNC(=O)CO)c(C)c3)no2)ccc1CC(C)C. The Labute approximate surface area is 200 Å². The van der Waals surface area contributed by atoms with Crippen LogP contribution in [0.2, 0.25) is 0 Å². The molecule has 8 heteroatoms. The lowest BCUT2D eigenvalue weighted by Gasteiger charge is -2.16. The normalized spacial score (nSPS) is 12.1. The van der Waals surface area contributed by atoms with E-state index in [1.807, 2.05) is 32.0 Å². The Hall–Kier alpha value is -3.23. The molecule has 8 nitrogen and oxygen atoms in total. The monoisotopic (exact) mass is 467 g/mol. The number of ether oxygens (including phenoxy) is 1. The second-order valence-corrected chi connectivity index (χ2v) is 9.03. The smallest absolute Gasteiger partial charge is 0.258 e. The molecular weight excluding hydrogens is 434 g/mol. The van der Waals surface area contributed by atoms with Gasteiger partial charge in [0.1, 0.15) is 25.1 Å². The largest absolute Gasteiger partial charge is 0.490 e. The first-order valence-corrected chi connectivity index (χ1v) is 11.4. The van der Waals surface area contributed by atoms with Crippen LogP contribution in [0.1, 0.15) is 36.1 Å². The second kappa shape index (κ2) is 11.3.